The van der Waals surface area contributed by atoms with Gasteiger partial charge in [0.2, 0.25) is 0 Å². The summed E-state index contributed by atoms with van der Waals surface area (Å²) in [6.45, 7) is 0. The molecule has 0 aliphatic heterocycles. The number of rotatable bonds is 5. The first kappa shape index (κ1) is 16.1. The predicted octanol–water partition coefficient (Wildman–Crippen LogP) is 3.30. The fourth-order valence-electron chi connectivity index (χ4n) is 1.75. The molecule has 0 fully saturated rings. The van der Waals surface area contributed by atoms with E-state index in [-0.39, 0.29) is 0 Å². The Morgan fingerprint density at radius 3 is 1.70 bits per heavy atom. The third-order valence-electron chi connectivity index (χ3n) is 2.90. The first-order valence-corrected chi connectivity index (χ1v) is 6.89. The van der Waals surface area contributed by atoms with Gasteiger partial charge in [0, 0.05) is 17.7 Å². The molecule has 114 valence electrons. The van der Waals surface area contributed by atoms with Crippen LogP contribution in [0.1, 0.15) is 21.5 Å². The Labute approximate surface area is 133 Å². The van der Waals surface area contributed by atoms with Crippen molar-refractivity contribution in [3.05, 3.63) is 83.4 Å². The standard InChI is InChI=1S/C19H14O4/c20-14-17-8-6-16(7-9-17)11-13-19(22)23-18(21)12-10-15-4-2-1-3-5-15/h1-14H/b12-10+,13-11+. The van der Waals surface area contributed by atoms with Crippen LogP contribution in [0.2, 0.25) is 0 Å². The fraction of sp³-hybridized carbons (Fsp3) is 0. The summed E-state index contributed by atoms with van der Waals surface area (Å²) in [5.74, 6) is -1.49. The van der Waals surface area contributed by atoms with Crippen LogP contribution in [0.4, 0.5) is 0 Å². The summed E-state index contributed by atoms with van der Waals surface area (Å²) in [6, 6.07) is 15.8. The smallest absolute Gasteiger partial charge is 0.338 e. The minimum Gasteiger partial charge on any atom is -0.387 e. The number of hydrogen-bond donors (Lipinski definition) is 0. The van der Waals surface area contributed by atoms with E-state index in [4.69, 9.17) is 0 Å². The van der Waals surface area contributed by atoms with E-state index in [1.807, 2.05) is 30.3 Å². The summed E-state index contributed by atoms with van der Waals surface area (Å²) in [7, 11) is 0. The molecule has 0 saturated carbocycles. The highest BCUT2D eigenvalue weighted by Gasteiger charge is 2.03. The zero-order chi connectivity index (χ0) is 16.5. The minimum absolute atomic E-state index is 0.547. The van der Waals surface area contributed by atoms with Crippen LogP contribution in [0.25, 0.3) is 12.2 Å². The van der Waals surface area contributed by atoms with Crippen LogP contribution in [0.3, 0.4) is 0 Å². The van der Waals surface area contributed by atoms with E-state index in [1.54, 1.807) is 30.3 Å². The molecule has 4 heteroatoms. The molecule has 2 aromatic carbocycles. The lowest BCUT2D eigenvalue weighted by molar-refractivity contribution is -0.152. The minimum atomic E-state index is -0.757. The Morgan fingerprint density at radius 2 is 1.17 bits per heavy atom. The van der Waals surface area contributed by atoms with Gasteiger partial charge in [0.25, 0.3) is 0 Å². The molecule has 2 aromatic rings. The van der Waals surface area contributed by atoms with Crippen LogP contribution in [-0.2, 0) is 14.3 Å². The molecule has 0 amide bonds. The average Bonchev–Trinajstić information content (AvgIpc) is 2.59. The maximum Gasteiger partial charge on any atom is 0.338 e. The Balaban J connectivity index is 1.88. The SMILES string of the molecule is O=Cc1ccc(/C=C/C(=O)OC(=O)/C=C/c2ccccc2)cc1. The molecule has 0 heterocycles. The zero-order valence-corrected chi connectivity index (χ0v) is 12.2. The van der Waals surface area contributed by atoms with Gasteiger partial charge in [-0.1, -0.05) is 54.6 Å². The maximum atomic E-state index is 11.5. The summed E-state index contributed by atoms with van der Waals surface area (Å²) in [4.78, 5) is 33.6. The molecule has 4 nitrogen and oxygen atoms in total. The molecule has 0 spiro atoms. The first-order valence-electron chi connectivity index (χ1n) is 6.89. The summed E-state index contributed by atoms with van der Waals surface area (Å²) in [5, 5.41) is 0. The zero-order valence-electron chi connectivity index (χ0n) is 12.2. The van der Waals surface area contributed by atoms with Crippen molar-refractivity contribution in [2.75, 3.05) is 0 Å². The first-order chi connectivity index (χ1) is 11.2. The molecule has 0 N–H and O–H groups in total. The highest BCUT2D eigenvalue weighted by molar-refractivity contribution is 5.99. The number of aldehydes is 1. The van der Waals surface area contributed by atoms with Gasteiger partial charge >= 0.3 is 11.9 Å². The number of carbonyl (C=O) groups is 3. The molecule has 0 aliphatic carbocycles. The number of benzene rings is 2. The van der Waals surface area contributed by atoms with Gasteiger partial charge in [0.1, 0.15) is 6.29 Å². The number of ether oxygens (including phenoxy) is 1. The van der Waals surface area contributed by atoms with Crippen molar-refractivity contribution in [1.29, 1.82) is 0 Å². The maximum absolute atomic E-state index is 11.5. The summed E-state index contributed by atoms with van der Waals surface area (Å²) in [6.07, 6.45) is 6.16. The lowest BCUT2D eigenvalue weighted by atomic mass is 10.1. The quantitative estimate of drug-likeness (QED) is 0.368. The second kappa shape index (κ2) is 8.24. The van der Waals surface area contributed by atoms with Crippen LogP contribution in [0.15, 0.2) is 66.7 Å². The van der Waals surface area contributed by atoms with Crippen LogP contribution >= 0.6 is 0 Å². The molecule has 0 atom stereocenters. The van der Waals surface area contributed by atoms with E-state index in [0.29, 0.717) is 5.56 Å². The topological polar surface area (TPSA) is 60.4 Å². The van der Waals surface area contributed by atoms with E-state index < -0.39 is 11.9 Å². The van der Waals surface area contributed by atoms with Crippen LogP contribution in [-0.4, -0.2) is 18.2 Å². The van der Waals surface area contributed by atoms with Crippen molar-refractivity contribution in [1.82, 2.24) is 0 Å². The molecule has 0 aliphatic rings. The van der Waals surface area contributed by atoms with Gasteiger partial charge in [-0.15, -0.1) is 0 Å². The van der Waals surface area contributed by atoms with Crippen molar-refractivity contribution in [3.8, 4) is 0 Å². The van der Waals surface area contributed by atoms with E-state index >= 15 is 0 Å². The van der Waals surface area contributed by atoms with Gasteiger partial charge in [0.15, 0.2) is 0 Å². The molecular weight excluding hydrogens is 292 g/mol. The average molecular weight is 306 g/mol. The predicted molar refractivity (Wildman–Crippen MR) is 87.4 cm³/mol. The van der Waals surface area contributed by atoms with Crippen molar-refractivity contribution in [2.24, 2.45) is 0 Å². The normalized spacial score (nSPS) is 10.8. The second-order valence-corrected chi connectivity index (χ2v) is 4.60. The van der Waals surface area contributed by atoms with E-state index in [0.717, 1.165) is 23.5 Å². The Kier molecular flexibility index (Phi) is 5.77. The van der Waals surface area contributed by atoms with Gasteiger partial charge in [-0.25, -0.2) is 9.59 Å². The van der Waals surface area contributed by atoms with Gasteiger partial charge in [-0.3, -0.25) is 4.79 Å². The molecule has 0 unspecified atom stereocenters. The summed E-state index contributed by atoms with van der Waals surface area (Å²) >= 11 is 0. The molecule has 0 radical (unpaired) electrons. The van der Waals surface area contributed by atoms with E-state index in [2.05, 4.69) is 4.74 Å². The molecule has 2 rings (SSSR count). The summed E-state index contributed by atoms with van der Waals surface area (Å²) in [5.41, 5.74) is 2.11. The Morgan fingerprint density at radius 1 is 0.696 bits per heavy atom. The fourth-order valence-corrected chi connectivity index (χ4v) is 1.75. The van der Waals surface area contributed by atoms with Gasteiger partial charge in [-0.05, 0) is 23.3 Å². The molecular formula is C19H14O4. The van der Waals surface area contributed by atoms with Gasteiger partial charge in [0.05, 0.1) is 0 Å². The molecule has 0 saturated heterocycles. The monoisotopic (exact) mass is 306 g/mol. The number of carbonyl (C=O) groups excluding carboxylic acids is 3. The Bertz CT molecular complexity index is 741. The van der Waals surface area contributed by atoms with Gasteiger partial charge in [-0.2, -0.15) is 0 Å². The van der Waals surface area contributed by atoms with Crippen molar-refractivity contribution in [3.63, 3.8) is 0 Å². The molecule has 23 heavy (non-hydrogen) atoms. The molecule has 0 bridgehead atoms. The van der Waals surface area contributed by atoms with Crippen LogP contribution in [0, 0.1) is 0 Å². The van der Waals surface area contributed by atoms with Crippen LogP contribution < -0.4 is 0 Å². The third-order valence-corrected chi connectivity index (χ3v) is 2.90. The summed E-state index contributed by atoms with van der Waals surface area (Å²) < 4.78 is 4.63. The lowest BCUT2D eigenvalue weighted by Gasteiger charge is -1.96. The third kappa shape index (κ3) is 5.55. The number of hydrogen-bond acceptors (Lipinski definition) is 4. The highest BCUT2D eigenvalue weighted by Crippen LogP contribution is 2.05. The van der Waals surface area contributed by atoms with Crippen molar-refractivity contribution >= 4 is 30.4 Å². The van der Waals surface area contributed by atoms with E-state index in [1.165, 1.54) is 12.2 Å². The van der Waals surface area contributed by atoms with Crippen LogP contribution in [0.5, 0.6) is 0 Å². The molecule has 0 aromatic heterocycles. The lowest BCUT2D eigenvalue weighted by Crippen LogP contribution is -2.06. The van der Waals surface area contributed by atoms with Crippen molar-refractivity contribution in [2.45, 2.75) is 0 Å². The number of esters is 2. The Hall–Kier alpha value is -3.27. The van der Waals surface area contributed by atoms with Gasteiger partial charge < -0.3 is 4.74 Å². The highest BCUT2D eigenvalue weighted by atomic mass is 16.6. The van der Waals surface area contributed by atoms with E-state index in [9.17, 15) is 14.4 Å². The largest absolute Gasteiger partial charge is 0.387 e. The van der Waals surface area contributed by atoms with Crippen molar-refractivity contribution < 1.29 is 19.1 Å². The second-order valence-electron chi connectivity index (χ2n) is 4.60.